The van der Waals surface area contributed by atoms with Gasteiger partial charge in [0.2, 0.25) is 0 Å². The van der Waals surface area contributed by atoms with Gasteiger partial charge in [-0.3, -0.25) is 0 Å². The highest BCUT2D eigenvalue weighted by Crippen LogP contribution is 2.40. The van der Waals surface area contributed by atoms with E-state index in [0.29, 0.717) is 22.5 Å². The number of nitrogens with zero attached hydrogens (tertiary/aromatic N) is 1. The van der Waals surface area contributed by atoms with E-state index >= 15 is 0 Å². The van der Waals surface area contributed by atoms with Crippen molar-refractivity contribution in [2.45, 2.75) is 40.5 Å². The Morgan fingerprint density at radius 2 is 1.51 bits per heavy atom. The fourth-order valence-electron chi connectivity index (χ4n) is 5.04. The maximum atomic E-state index is 12.8. The third-order valence-electron chi connectivity index (χ3n) is 6.48. The first-order valence-electron chi connectivity index (χ1n) is 11.9. The van der Waals surface area contributed by atoms with E-state index in [9.17, 15) is 9.59 Å². The van der Waals surface area contributed by atoms with E-state index in [4.69, 9.17) is 14.5 Å². The molecule has 0 amide bonds. The van der Waals surface area contributed by atoms with Gasteiger partial charge >= 0.3 is 11.9 Å². The highest BCUT2D eigenvalue weighted by atomic mass is 32.1. The third-order valence-corrected chi connectivity index (χ3v) is 7.24. The molecule has 0 bridgehead atoms. The molecule has 0 atom stereocenters. The van der Waals surface area contributed by atoms with Crippen LogP contribution in [0.25, 0.3) is 11.3 Å². The Morgan fingerprint density at radius 3 is 2.08 bits per heavy atom. The summed E-state index contributed by atoms with van der Waals surface area (Å²) in [4.78, 5) is 30.4. The summed E-state index contributed by atoms with van der Waals surface area (Å²) < 4.78 is 10.1. The molecule has 0 radical (unpaired) electrons. The molecule has 192 valence electrons. The number of thiazole rings is 1. The first-order valence-corrected chi connectivity index (χ1v) is 12.8. The molecule has 0 unspecified atom stereocenters. The third kappa shape index (κ3) is 5.15. The standard InChI is InChI=1S/C29H31N3O4S/c1-15-11-16(2)23(17(3)12-15)22-14-37-29(32-22)31-21-10-8-9-20(13-21)26-24(27(33)35-6)18(4)30-19(5)25(26)28(34)36-7/h8-14,26,30H,1-7H3,(H,31,32). The summed E-state index contributed by atoms with van der Waals surface area (Å²) in [6, 6.07) is 12.0. The van der Waals surface area contributed by atoms with Crippen LogP contribution in [0, 0.1) is 20.8 Å². The van der Waals surface area contributed by atoms with Crippen LogP contribution in [-0.4, -0.2) is 31.1 Å². The minimum absolute atomic E-state index is 0.368. The van der Waals surface area contributed by atoms with Crippen molar-refractivity contribution >= 4 is 34.1 Å². The molecule has 1 aliphatic rings. The first-order chi connectivity index (χ1) is 17.6. The predicted molar refractivity (Wildman–Crippen MR) is 147 cm³/mol. The lowest BCUT2D eigenvalue weighted by atomic mass is 9.80. The van der Waals surface area contributed by atoms with Crippen LogP contribution in [0.5, 0.6) is 0 Å². The van der Waals surface area contributed by atoms with Crippen molar-refractivity contribution in [3.63, 3.8) is 0 Å². The first kappa shape index (κ1) is 26.2. The van der Waals surface area contributed by atoms with Gasteiger partial charge in [0.25, 0.3) is 0 Å². The van der Waals surface area contributed by atoms with E-state index < -0.39 is 17.9 Å². The van der Waals surface area contributed by atoms with Crippen LogP contribution in [0.4, 0.5) is 10.8 Å². The van der Waals surface area contributed by atoms with Gasteiger partial charge in [0.1, 0.15) is 0 Å². The normalized spacial score (nSPS) is 13.9. The number of allylic oxidation sites excluding steroid dienone is 2. The molecule has 2 N–H and O–H groups in total. The molecular formula is C29H31N3O4S. The lowest BCUT2D eigenvalue weighted by Crippen LogP contribution is -2.32. The number of ether oxygens (including phenoxy) is 2. The number of carbonyl (C=O) groups excluding carboxylic acids is 2. The van der Waals surface area contributed by atoms with Crippen LogP contribution in [0.15, 0.2) is 64.3 Å². The molecule has 0 spiro atoms. The maximum absolute atomic E-state index is 12.8. The molecule has 0 fully saturated rings. The lowest BCUT2D eigenvalue weighted by Gasteiger charge is -2.30. The molecule has 3 aromatic rings. The minimum atomic E-state index is -0.646. The summed E-state index contributed by atoms with van der Waals surface area (Å²) in [5, 5.41) is 9.31. The zero-order valence-corrected chi connectivity index (χ0v) is 22.9. The van der Waals surface area contributed by atoms with Gasteiger partial charge in [-0.1, -0.05) is 29.8 Å². The number of hydrogen-bond donors (Lipinski definition) is 2. The van der Waals surface area contributed by atoms with Crippen LogP contribution >= 0.6 is 11.3 Å². The average molecular weight is 518 g/mol. The number of dihydropyridines is 1. The van der Waals surface area contributed by atoms with Crippen molar-refractivity contribution in [3.05, 3.63) is 86.6 Å². The van der Waals surface area contributed by atoms with Crippen LogP contribution < -0.4 is 10.6 Å². The number of rotatable bonds is 6. The number of methoxy groups -OCH3 is 2. The molecule has 0 saturated heterocycles. The average Bonchev–Trinajstić information content (AvgIpc) is 3.29. The largest absolute Gasteiger partial charge is 0.466 e. The second-order valence-electron chi connectivity index (χ2n) is 9.18. The highest BCUT2D eigenvalue weighted by molar-refractivity contribution is 7.14. The van der Waals surface area contributed by atoms with Crippen molar-refractivity contribution in [1.29, 1.82) is 0 Å². The monoisotopic (exact) mass is 517 g/mol. The van der Waals surface area contributed by atoms with Gasteiger partial charge in [0.05, 0.1) is 37.0 Å². The van der Waals surface area contributed by atoms with Crippen molar-refractivity contribution in [2.24, 2.45) is 0 Å². The molecule has 8 heteroatoms. The Morgan fingerprint density at radius 1 is 0.919 bits per heavy atom. The SMILES string of the molecule is COC(=O)C1=C(C)NC(C)=C(C(=O)OC)C1c1cccc(Nc2nc(-c3c(C)cc(C)cc3C)cs2)c1. The van der Waals surface area contributed by atoms with E-state index in [2.05, 4.69) is 43.5 Å². The van der Waals surface area contributed by atoms with Crippen molar-refractivity contribution < 1.29 is 19.1 Å². The zero-order chi connectivity index (χ0) is 26.9. The fourth-order valence-corrected chi connectivity index (χ4v) is 5.76. The van der Waals surface area contributed by atoms with Crippen LogP contribution in [0.3, 0.4) is 0 Å². The van der Waals surface area contributed by atoms with Gasteiger partial charge < -0.3 is 20.1 Å². The molecule has 0 aliphatic carbocycles. The molecule has 1 aromatic heterocycles. The number of aryl methyl sites for hydroxylation is 3. The Hall–Kier alpha value is -3.91. The number of nitrogens with one attached hydrogen (secondary N) is 2. The predicted octanol–water partition coefficient (Wildman–Crippen LogP) is 6.06. The molecule has 0 saturated carbocycles. The van der Waals surface area contributed by atoms with Gasteiger partial charge in [-0.25, -0.2) is 14.6 Å². The lowest BCUT2D eigenvalue weighted by molar-refractivity contribution is -0.137. The van der Waals surface area contributed by atoms with Crippen LogP contribution in [0.2, 0.25) is 0 Å². The minimum Gasteiger partial charge on any atom is -0.466 e. The molecule has 2 heterocycles. The van der Waals surface area contributed by atoms with Gasteiger partial charge in [-0.05, 0) is 63.4 Å². The zero-order valence-electron chi connectivity index (χ0n) is 22.1. The van der Waals surface area contributed by atoms with Gasteiger partial charge in [-0.15, -0.1) is 11.3 Å². The summed E-state index contributed by atoms with van der Waals surface area (Å²) in [5.41, 5.74) is 9.23. The van der Waals surface area contributed by atoms with E-state index in [1.54, 1.807) is 13.8 Å². The van der Waals surface area contributed by atoms with E-state index in [-0.39, 0.29) is 0 Å². The van der Waals surface area contributed by atoms with Gasteiger partial charge in [0, 0.05) is 28.0 Å². The Labute approximate surface area is 221 Å². The van der Waals surface area contributed by atoms with Crippen molar-refractivity contribution in [2.75, 3.05) is 19.5 Å². The van der Waals surface area contributed by atoms with Gasteiger partial charge in [-0.2, -0.15) is 0 Å². The summed E-state index contributed by atoms with van der Waals surface area (Å²) >= 11 is 1.52. The smallest absolute Gasteiger partial charge is 0.336 e. The number of aromatic nitrogens is 1. The second-order valence-corrected chi connectivity index (χ2v) is 10.0. The molecule has 2 aromatic carbocycles. The van der Waals surface area contributed by atoms with Crippen molar-refractivity contribution in [1.82, 2.24) is 10.3 Å². The quantitative estimate of drug-likeness (QED) is 0.384. The Bertz CT molecular complexity index is 1390. The topological polar surface area (TPSA) is 89.5 Å². The summed E-state index contributed by atoms with van der Waals surface area (Å²) in [6.45, 7) is 9.90. The van der Waals surface area contributed by atoms with E-state index in [1.807, 2.05) is 29.6 Å². The second kappa shape index (κ2) is 10.6. The fraction of sp³-hybridized carbons (Fsp3) is 0.276. The number of carbonyl (C=O) groups is 2. The molecular weight excluding hydrogens is 486 g/mol. The Balaban J connectivity index is 1.71. The van der Waals surface area contributed by atoms with Crippen LogP contribution in [0.1, 0.15) is 42.0 Å². The summed E-state index contributed by atoms with van der Waals surface area (Å²) in [7, 11) is 2.66. The number of hydrogen-bond acceptors (Lipinski definition) is 8. The summed E-state index contributed by atoms with van der Waals surface area (Å²) in [6.07, 6.45) is 0. The molecule has 37 heavy (non-hydrogen) atoms. The van der Waals surface area contributed by atoms with Gasteiger partial charge in [0.15, 0.2) is 5.13 Å². The molecule has 7 nitrogen and oxygen atoms in total. The van der Waals surface area contributed by atoms with E-state index in [0.717, 1.165) is 27.6 Å². The number of benzene rings is 2. The van der Waals surface area contributed by atoms with Crippen molar-refractivity contribution in [3.8, 4) is 11.3 Å². The van der Waals surface area contributed by atoms with E-state index in [1.165, 1.54) is 42.2 Å². The number of esters is 2. The highest BCUT2D eigenvalue weighted by Gasteiger charge is 2.37. The van der Waals surface area contributed by atoms with Crippen LogP contribution in [-0.2, 0) is 19.1 Å². The summed E-state index contributed by atoms with van der Waals surface area (Å²) in [5.74, 6) is -1.65. The Kier molecular flexibility index (Phi) is 7.50. The molecule has 1 aliphatic heterocycles. The molecule has 4 rings (SSSR count). The maximum Gasteiger partial charge on any atom is 0.336 e. The number of anilines is 2.